The van der Waals surface area contributed by atoms with Gasteiger partial charge in [0.2, 0.25) is 5.95 Å². The Morgan fingerprint density at radius 3 is 2.50 bits per heavy atom. The second-order valence-corrected chi connectivity index (χ2v) is 8.94. The molecule has 0 aliphatic carbocycles. The average Bonchev–Trinajstić information content (AvgIpc) is 3.34. The summed E-state index contributed by atoms with van der Waals surface area (Å²) >= 11 is 0. The largest absolute Gasteiger partial charge is 0.455 e. The van der Waals surface area contributed by atoms with Crippen LogP contribution >= 0.6 is 0 Å². The lowest BCUT2D eigenvalue weighted by molar-refractivity contribution is 0.102. The van der Waals surface area contributed by atoms with Crippen molar-refractivity contribution in [3.63, 3.8) is 0 Å². The van der Waals surface area contributed by atoms with Crippen LogP contribution in [0.4, 0.5) is 17.3 Å². The maximum Gasteiger partial charge on any atom is 0.255 e. The molecular formula is C31H25N5O2. The van der Waals surface area contributed by atoms with Gasteiger partial charge in [0.05, 0.1) is 5.69 Å². The highest BCUT2D eigenvalue weighted by molar-refractivity contribution is 6.09. The van der Waals surface area contributed by atoms with Gasteiger partial charge < -0.3 is 20.8 Å². The maximum absolute atomic E-state index is 12.7. The number of benzene rings is 4. The SMILES string of the molecule is NCCc1cccc(C(=O)Nc2ccc(Nc3nccc(-c4cccc5c4oc4ccccc45)n3)cc2)c1. The molecule has 1 amide bonds. The second-order valence-electron chi connectivity index (χ2n) is 8.94. The third kappa shape index (κ3) is 4.70. The van der Waals surface area contributed by atoms with Crippen LogP contribution in [0.2, 0.25) is 0 Å². The Labute approximate surface area is 219 Å². The maximum atomic E-state index is 12.7. The predicted molar refractivity (Wildman–Crippen MR) is 152 cm³/mol. The van der Waals surface area contributed by atoms with Gasteiger partial charge in [-0.2, -0.15) is 0 Å². The molecule has 2 heterocycles. The molecule has 0 aliphatic heterocycles. The lowest BCUT2D eigenvalue weighted by Crippen LogP contribution is -2.12. The van der Waals surface area contributed by atoms with Crippen LogP contribution in [0.5, 0.6) is 0 Å². The number of para-hydroxylation sites is 2. The highest BCUT2D eigenvalue weighted by atomic mass is 16.3. The van der Waals surface area contributed by atoms with Gasteiger partial charge in [0, 0.05) is 39.5 Å². The first-order chi connectivity index (χ1) is 18.7. The molecule has 0 spiro atoms. The fourth-order valence-electron chi connectivity index (χ4n) is 4.52. The predicted octanol–water partition coefficient (Wildman–Crippen LogP) is 6.54. The van der Waals surface area contributed by atoms with E-state index in [1.807, 2.05) is 78.9 Å². The molecule has 0 aliphatic rings. The highest BCUT2D eigenvalue weighted by Gasteiger charge is 2.13. The topological polar surface area (TPSA) is 106 Å². The fraction of sp³-hybridized carbons (Fsp3) is 0.0645. The van der Waals surface area contributed by atoms with Crippen molar-refractivity contribution in [3.05, 3.63) is 114 Å². The first-order valence-electron chi connectivity index (χ1n) is 12.4. The van der Waals surface area contributed by atoms with Gasteiger partial charge in [-0.05, 0) is 73.1 Å². The molecule has 0 unspecified atom stereocenters. The van der Waals surface area contributed by atoms with Crippen molar-refractivity contribution >= 4 is 45.2 Å². The molecule has 0 radical (unpaired) electrons. The zero-order valence-electron chi connectivity index (χ0n) is 20.5. The zero-order valence-corrected chi connectivity index (χ0v) is 20.5. The van der Waals surface area contributed by atoms with Gasteiger partial charge in [-0.25, -0.2) is 9.97 Å². The van der Waals surface area contributed by atoms with E-state index in [1.54, 1.807) is 12.3 Å². The number of carbonyl (C=O) groups excluding carboxylic acids is 1. The van der Waals surface area contributed by atoms with Gasteiger partial charge in [-0.1, -0.05) is 42.5 Å². The number of fused-ring (bicyclic) bond motifs is 3. The summed E-state index contributed by atoms with van der Waals surface area (Å²) in [5, 5.41) is 8.31. The van der Waals surface area contributed by atoms with Crippen molar-refractivity contribution in [1.29, 1.82) is 0 Å². The van der Waals surface area contributed by atoms with E-state index in [-0.39, 0.29) is 5.91 Å². The quantitative estimate of drug-likeness (QED) is 0.230. The van der Waals surface area contributed by atoms with E-state index in [4.69, 9.17) is 15.1 Å². The Morgan fingerprint density at radius 2 is 1.63 bits per heavy atom. The molecule has 7 heteroatoms. The molecule has 6 rings (SSSR count). The van der Waals surface area contributed by atoms with Crippen LogP contribution < -0.4 is 16.4 Å². The summed E-state index contributed by atoms with van der Waals surface area (Å²) in [5.41, 5.74) is 12.1. The summed E-state index contributed by atoms with van der Waals surface area (Å²) in [5.74, 6) is 0.296. The van der Waals surface area contributed by atoms with E-state index in [2.05, 4.69) is 27.8 Å². The summed E-state index contributed by atoms with van der Waals surface area (Å²) < 4.78 is 6.17. The van der Waals surface area contributed by atoms with Crippen LogP contribution in [-0.2, 0) is 6.42 Å². The Hall–Kier alpha value is -5.01. The molecule has 38 heavy (non-hydrogen) atoms. The monoisotopic (exact) mass is 499 g/mol. The van der Waals surface area contributed by atoms with E-state index in [1.165, 1.54) is 0 Å². The fourth-order valence-corrected chi connectivity index (χ4v) is 4.52. The smallest absolute Gasteiger partial charge is 0.255 e. The van der Waals surface area contributed by atoms with Crippen LogP contribution in [0.1, 0.15) is 15.9 Å². The molecule has 0 saturated heterocycles. The molecular weight excluding hydrogens is 474 g/mol. The van der Waals surface area contributed by atoms with Crippen LogP contribution in [0, 0.1) is 0 Å². The summed E-state index contributed by atoms with van der Waals surface area (Å²) in [6, 6.07) is 30.9. The normalized spacial score (nSPS) is 11.1. The van der Waals surface area contributed by atoms with E-state index in [9.17, 15) is 4.79 Å². The molecule has 186 valence electrons. The lowest BCUT2D eigenvalue weighted by Gasteiger charge is -2.09. The molecule has 0 saturated carbocycles. The van der Waals surface area contributed by atoms with Gasteiger partial charge in [-0.3, -0.25) is 4.79 Å². The zero-order chi connectivity index (χ0) is 25.9. The Bertz CT molecular complexity index is 1760. The summed E-state index contributed by atoms with van der Waals surface area (Å²) in [6.07, 6.45) is 2.46. The minimum Gasteiger partial charge on any atom is -0.455 e. The number of anilines is 3. The highest BCUT2D eigenvalue weighted by Crippen LogP contribution is 2.35. The molecule has 6 aromatic rings. The number of nitrogens with zero attached hydrogens (tertiary/aromatic N) is 2. The molecule has 0 bridgehead atoms. The number of carbonyl (C=O) groups is 1. The standard InChI is InChI=1S/C31H25N5O2/c32-17-15-20-5-3-6-21(19-20)30(37)34-22-11-13-23(14-12-22)35-31-33-18-16-27(36-31)26-9-4-8-25-24-7-1-2-10-28(24)38-29(25)26/h1-14,16,18-19H,15,17,32H2,(H,34,37)(H,33,35,36). The number of amides is 1. The van der Waals surface area contributed by atoms with Crippen LogP contribution in [0.25, 0.3) is 33.2 Å². The first kappa shape index (κ1) is 23.4. The summed E-state index contributed by atoms with van der Waals surface area (Å²) in [6.45, 7) is 0.543. The van der Waals surface area contributed by atoms with E-state index in [0.29, 0.717) is 23.7 Å². The minimum absolute atomic E-state index is 0.166. The number of aromatic nitrogens is 2. The van der Waals surface area contributed by atoms with Crippen molar-refractivity contribution < 1.29 is 9.21 Å². The summed E-state index contributed by atoms with van der Waals surface area (Å²) in [7, 11) is 0. The van der Waals surface area contributed by atoms with Crippen molar-refractivity contribution in [2.45, 2.75) is 6.42 Å². The number of nitrogens with two attached hydrogens (primary N) is 1. The number of rotatable bonds is 7. The van der Waals surface area contributed by atoms with Gasteiger partial charge in [0.1, 0.15) is 11.2 Å². The lowest BCUT2D eigenvalue weighted by atomic mass is 10.1. The van der Waals surface area contributed by atoms with Crippen LogP contribution in [-0.4, -0.2) is 22.4 Å². The average molecular weight is 500 g/mol. The first-order valence-corrected chi connectivity index (χ1v) is 12.4. The summed E-state index contributed by atoms with van der Waals surface area (Å²) in [4.78, 5) is 21.8. The van der Waals surface area contributed by atoms with Crippen LogP contribution in [0.3, 0.4) is 0 Å². The number of furan rings is 1. The van der Waals surface area contributed by atoms with E-state index >= 15 is 0 Å². The number of nitrogens with one attached hydrogen (secondary N) is 2. The number of hydrogen-bond acceptors (Lipinski definition) is 6. The molecule has 7 nitrogen and oxygen atoms in total. The van der Waals surface area contributed by atoms with Crippen molar-refractivity contribution in [3.8, 4) is 11.3 Å². The van der Waals surface area contributed by atoms with Crippen molar-refractivity contribution in [2.75, 3.05) is 17.2 Å². The van der Waals surface area contributed by atoms with E-state index < -0.39 is 0 Å². The van der Waals surface area contributed by atoms with Gasteiger partial charge in [-0.15, -0.1) is 0 Å². The minimum atomic E-state index is -0.166. The number of hydrogen-bond donors (Lipinski definition) is 3. The van der Waals surface area contributed by atoms with Gasteiger partial charge >= 0.3 is 0 Å². The Morgan fingerprint density at radius 1 is 0.842 bits per heavy atom. The van der Waals surface area contributed by atoms with Crippen molar-refractivity contribution in [2.24, 2.45) is 5.73 Å². The van der Waals surface area contributed by atoms with Gasteiger partial charge in [0.25, 0.3) is 5.91 Å². The molecule has 0 fully saturated rings. The molecule has 0 atom stereocenters. The van der Waals surface area contributed by atoms with Gasteiger partial charge in [0.15, 0.2) is 0 Å². The Kier molecular flexibility index (Phi) is 6.25. The molecule has 2 aromatic heterocycles. The molecule has 4 N–H and O–H groups in total. The van der Waals surface area contributed by atoms with E-state index in [0.717, 1.165) is 50.9 Å². The van der Waals surface area contributed by atoms with Crippen LogP contribution in [0.15, 0.2) is 108 Å². The third-order valence-electron chi connectivity index (χ3n) is 6.36. The third-order valence-corrected chi connectivity index (χ3v) is 6.36. The van der Waals surface area contributed by atoms with Crippen molar-refractivity contribution in [1.82, 2.24) is 9.97 Å². The second kappa shape index (κ2) is 10.2. The molecule has 4 aromatic carbocycles. The Balaban J connectivity index is 1.19.